The Morgan fingerprint density at radius 2 is 1.86 bits per heavy atom. The maximum absolute atomic E-state index is 12.3. The zero-order chi connectivity index (χ0) is 15.6. The van der Waals surface area contributed by atoms with Crippen LogP contribution in [-0.2, 0) is 10.0 Å². The molecule has 0 aliphatic heterocycles. The Labute approximate surface area is 127 Å². The molecule has 116 valence electrons. The number of carboxylic acid groups (broad SMARTS) is 1. The molecule has 3 N–H and O–H groups in total. The number of carboxylic acids is 1. The zero-order valence-electron chi connectivity index (χ0n) is 11.1. The highest BCUT2D eigenvalue weighted by Crippen LogP contribution is 2.23. The molecule has 0 radical (unpaired) electrons. The van der Waals surface area contributed by atoms with E-state index < -0.39 is 16.0 Å². The first-order chi connectivity index (χ1) is 9.79. The van der Waals surface area contributed by atoms with E-state index in [4.69, 9.17) is 16.7 Å². The van der Waals surface area contributed by atoms with Gasteiger partial charge in [0.15, 0.2) is 0 Å². The first kappa shape index (κ1) is 16.2. The number of benzene rings is 1. The van der Waals surface area contributed by atoms with Crippen molar-refractivity contribution in [2.24, 2.45) is 0 Å². The van der Waals surface area contributed by atoms with E-state index in [1.165, 1.54) is 12.1 Å². The lowest BCUT2D eigenvalue weighted by Gasteiger charge is -2.26. The molecule has 0 aromatic heterocycles. The second kappa shape index (κ2) is 6.31. The summed E-state index contributed by atoms with van der Waals surface area (Å²) in [5, 5.41) is 18.4. The average Bonchev–Trinajstić information content (AvgIpc) is 2.41. The number of aromatic carboxylic acids is 1. The van der Waals surface area contributed by atoms with Crippen LogP contribution in [0.3, 0.4) is 0 Å². The smallest absolute Gasteiger partial charge is 0.337 e. The molecular weight excluding hydrogens is 318 g/mol. The first-order valence-corrected chi connectivity index (χ1v) is 8.39. The molecule has 21 heavy (non-hydrogen) atoms. The van der Waals surface area contributed by atoms with Crippen LogP contribution in [0.2, 0.25) is 5.02 Å². The summed E-state index contributed by atoms with van der Waals surface area (Å²) in [5.74, 6) is -1.28. The summed E-state index contributed by atoms with van der Waals surface area (Å²) in [4.78, 5) is 10.9. The van der Waals surface area contributed by atoms with Gasteiger partial charge in [-0.05, 0) is 43.9 Å². The van der Waals surface area contributed by atoms with Crippen LogP contribution in [0, 0.1) is 0 Å². The molecule has 0 unspecified atom stereocenters. The fourth-order valence-corrected chi connectivity index (χ4v) is 3.85. The van der Waals surface area contributed by atoms with Crippen molar-refractivity contribution < 1.29 is 23.4 Å². The van der Waals surface area contributed by atoms with Crippen LogP contribution in [0.1, 0.15) is 36.0 Å². The van der Waals surface area contributed by atoms with Gasteiger partial charge in [-0.3, -0.25) is 0 Å². The van der Waals surface area contributed by atoms with Crippen LogP contribution in [0.5, 0.6) is 0 Å². The Bertz CT molecular complexity index is 638. The van der Waals surface area contributed by atoms with Gasteiger partial charge in [-0.15, -0.1) is 0 Å². The quantitative estimate of drug-likeness (QED) is 0.776. The normalized spacial score (nSPS) is 23.0. The van der Waals surface area contributed by atoms with Gasteiger partial charge in [-0.25, -0.2) is 17.9 Å². The number of rotatable bonds is 4. The monoisotopic (exact) mass is 333 g/mol. The van der Waals surface area contributed by atoms with Crippen LogP contribution >= 0.6 is 11.6 Å². The van der Waals surface area contributed by atoms with E-state index in [0.29, 0.717) is 25.7 Å². The molecule has 0 heterocycles. The lowest BCUT2D eigenvalue weighted by molar-refractivity contribution is 0.0696. The topological polar surface area (TPSA) is 104 Å². The molecule has 0 atom stereocenters. The standard InChI is InChI=1S/C13H16ClNO5S/c14-12-6-5-10(7-11(12)13(17)18)21(19,20)15-8-1-3-9(16)4-2-8/h5-9,15-16H,1-4H2,(H,17,18). The molecule has 1 aliphatic carbocycles. The summed E-state index contributed by atoms with van der Waals surface area (Å²) in [7, 11) is -3.80. The number of carbonyl (C=O) groups is 1. The molecular formula is C13H16ClNO5S. The van der Waals surface area contributed by atoms with Crippen molar-refractivity contribution in [2.45, 2.75) is 42.7 Å². The molecule has 1 fully saturated rings. The molecule has 8 heteroatoms. The van der Waals surface area contributed by atoms with Gasteiger partial charge in [0.2, 0.25) is 10.0 Å². The van der Waals surface area contributed by atoms with Crippen molar-refractivity contribution in [1.82, 2.24) is 4.72 Å². The number of aliphatic hydroxyl groups is 1. The van der Waals surface area contributed by atoms with E-state index in [1.54, 1.807) is 0 Å². The third kappa shape index (κ3) is 3.94. The van der Waals surface area contributed by atoms with Crippen molar-refractivity contribution in [1.29, 1.82) is 0 Å². The van der Waals surface area contributed by atoms with Crippen LogP contribution in [0.25, 0.3) is 0 Å². The minimum atomic E-state index is -3.80. The highest BCUT2D eigenvalue weighted by Gasteiger charge is 2.25. The summed E-state index contributed by atoms with van der Waals surface area (Å²) >= 11 is 5.73. The molecule has 0 saturated heterocycles. The van der Waals surface area contributed by atoms with Crippen LogP contribution in [0.4, 0.5) is 0 Å². The van der Waals surface area contributed by atoms with Gasteiger partial charge in [0, 0.05) is 6.04 Å². The summed E-state index contributed by atoms with van der Waals surface area (Å²) in [6.07, 6.45) is 1.84. The molecule has 6 nitrogen and oxygen atoms in total. The van der Waals surface area contributed by atoms with E-state index in [2.05, 4.69) is 4.72 Å². The zero-order valence-corrected chi connectivity index (χ0v) is 12.7. The minimum absolute atomic E-state index is 0.0118. The lowest BCUT2D eigenvalue weighted by atomic mass is 9.94. The van der Waals surface area contributed by atoms with E-state index in [-0.39, 0.29) is 27.6 Å². The molecule has 0 bridgehead atoms. The summed E-state index contributed by atoms with van der Waals surface area (Å²) in [6.45, 7) is 0. The highest BCUT2D eigenvalue weighted by molar-refractivity contribution is 7.89. The third-order valence-corrected chi connectivity index (χ3v) is 5.34. The second-order valence-electron chi connectivity index (χ2n) is 5.07. The van der Waals surface area contributed by atoms with Crippen LogP contribution in [0.15, 0.2) is 23.1 Å². The van der Waals surface area contributed by atoms with E-state index in [1.807, 2.05) is 0 Å². The van der Waals surface area contributed by atoms with Gasteiger partial charge < -0.3 is 10.2 Å². The SMILES string of the molecule is O=C(O)c1cc(S(=O)(=O)NC2CCC(O)CC2)ccc1Cl. The van der Waals surface area contributed by atoms with Crippen LogP contribution in [-0.4, -0.2) is 36.7 Å². The molecule has 0 spiro atoms. The Balaban J connectivity index is 2.20. The molecule has 1 aromatic carbocycles. The van der Waals surface area contributed by atoms with Crippen molar-refractivity contribution >= 4 is 27.6 Å². The van der Waals surface area contributed by atoms with Gasteiger partial charge in [0.05, 0.1) is 21.6 Å². The van der Waals surface area contributed by atoms with Gasteiger partial charge >= 0.3 is 5.97 Å². The third-order valence-electron chi connectivity index (χ3n) is 3.50. The predicted molar refractivity (Wildman–Crippen MR) is 77.0 cm³/mol. The summed E-state index contributed by atoms with van der Waals surface area (Å²) < 4.78 is 27.1. The van der Waals surface area contributed by atoms with Crippen molar-refractivity contribution in [3.8, 4) is 0 Å². The van der Waals surface area contributed by atoms with E-state index >= 15 is 0 Å². The largest absolute Gasteiger partial charge is 0.478 e. The Hall–Kier alpha value is -1.15. The van der Waals surface area contributed by atoms with Crippen LogP contribution < -0.4 is 4.72 Å². The molecule has 1 saturated carbocycles. The first-order valence-electron chi connectivity index (χ1n) is 6.53. The minimum Gasteiger partial charge on any atom is -0.478 e. The fraction of sp³-hybridized carbons (Fsp3) is 0.462. The summed E-state index contributed by atoms with van der Waals surface area (Å²) in [5.41, 5.74) is -0.251. The number of hydrogen-bond acceptors (Lipinski definition) is 4. The number of halogens is 1. The average molecular weight is 334 g/mol. The molecule has 1 aliphatic rings. The van der Waals surface area contributed by atoms with E-state index in [9.17, 15) is 18.3 Å². The number of sulfonamides is 1. The van der Waals surface area contributed by atoms with Gasteiger partial charge in [-0.2, -0.15) is 0 Å². The molecule has 1 aromatic rings. The number of hydrogen-bond donors (Lipinski definition) is 3. The summed E-state index contributed by atoms with van der Waals surface area (Å²) in [6, 6.07) is 3.33. The Morgan fingerprint density at radius 1 is 1.24 bits per heavy atom. The molecule has 0 amide bonds. The maximum Gasteiger partial charge on any atom is 0.337 e. The van der Waals surface area contributed by atoms with Gasteiger partial charge in [0.25, 0.3) is 0 Å². The van der Waals surface area contributed by atoms with Crippen molar-refractivity contribution in [3.63, 3.8) is 0 Å². The fourth-order valence-electron chi connectivity index (χ4n) is 2.32. The second-order valence-corrected chi connectivity index (χ2v) is 7.19. The maximum atomic E-state index is 12.3. The lowest BCUT2D eigenvalue weighted by Crippen LogP contribution is -2.38. The predicted octanol–water partition coefficient (Wildman–Crippen LogP) is 1.62. The molecule has 2 rings (SSSR count). The number of aliphatic hydroxyl groups excluding tert-OH is 1. The highest BCUT2D eigenvalue weighted by atomic mass is 35.5. The Kier molecular flexibility index (Phi) is 4.88. The number of nitrogens with one attached hydrogen (secondary N) is 1. The van der Waals surface area contributed by atoms with E-state index in [0.717, 1.165) is 6.07 Å². The Morgan fingerprint density at radius 3 is 2.43 bits per heavy atom. The van der Waals surface area contributed by atoms with Gasteiger partial charge in [0.1, 0.15) is 0 Å². The van der Waals surface area contributed by atoms with Crippen molar-refractivity contribution in [3.05, 3.63) is 28.8 Å². The van der Waals surface area contributed by atoms with Gasteiger partial charge in [-0.1, -0.05) is 11.6 Å². The van der Waals surface area contributed by atoms with Crippen molar-refractivity contribution in [2.75, 3.05) is 0 Å².